The minimum absolute atomic E-state index is 0.110. The van der Waals surface area contributed by atoms with Gasteiger partial charge in [0.05, 0.1) is 19.9 Å². The molecule has 1 rings (SSSR count). The number of amides is 1. The molecule has 19 heavy (non-hydrogen) atoms. The van der Waals surface area contributed by atoms with E-state index < -0.39 is 0 Å². The number of rotatable bonds is 7. The Morgan fingerprint density at radius 2 is 2.11 bits per heavy atom. The number of carbonyl (C=O) groups is 1. The largest absolute Gasteiger partial charge is 0.497 e. The molecule has 0 aromatic heterocycles. The molecule has 106 valence electrons. The Morgan fingerprint density at radius 1 is 1.37 bits per heavy atom. The normalized spacial score (nSPS) is 11.8. The highest BCUT2D eigenvalue weighted by Crippen LogP contribution is 2.28. The first-order valence-electron chi connectivity index (χ1n) is 6.38. The highest BCUT2D eigenvalue weighted by Gasteiger charge is 2.12. The molecular formula is C14H22N2O3. The minimum atomic E-state index is -0.118. The second kappa shape index (κ2) is 7.63. The standard InChI is InChI=1S/C14H22N2O3/c1-4-5-10(15)8-14(17)16-12-9-11(18-2)6-7-13(12)19-3/h6-7,9-10H,4-5,8,15H2,1-3H3,(H,16,17). The van der Waals surface area contributed by atoms with Gasteiger partial charge in [-0.2, -0.15) is 0 Å². The van der Waals surface area contributed by atoms with E-state index in [1.165, 1.54) is 0 Å². The van der Waals surface area contributed by atoms with Gasteiger partial charge >= 0.3 is 0 Å². The maximum atomic E-state index is 11.9. The van der Waals surface area contributed by atoms with Gasteiger partial charge in [-0.3, -0.25) is 4.79 Å². The van der Waals surface area contributed by atoms with Crippen LogP contribution in [0.5, 0.6) is 11.5 Å². The molecule has 3 N–H and O–H groups in total. The number of nitrogens with two attached hydrogens (primary N) is 1. The van der Waals surface area contributed by atoms with Crippen LogP contribution in [0, 0.1) is 0 Å². The molecule has 1 unspecified atom stereocenters. The van der Waals surface area contributed by atoms with Crippen molar-refractivity contribution < 1.29 is 14.3 Å². The van der Waals surface area contributed by atoms with Gasteiger partial charge in [-0.05, 0) is 18.6 Å². The molecule has 0 bridgehead atoms. The summed E-state index contributed by atoms with van der Waals surface area (Å²) < 4.78 is 10.3. The van der Waals surface area contributed by atoms with Gasteiger partial charge < -0.3 is 20.5 Å². The predicted molar refractivity (Wildman–Crippen MR) is 75.7 cm³/mol. The van der Waals surface area contributed by atoms with E-state index in [9.17, 15) is 4.79 Å². The first-order valence-corrected chi connectivity index (χ1v) is 6.38. The third-order valence-electron chi connectivity index (χ3n) is 2.79. The number of ether oxygens (including phenoxy) is 2. The Labute approximate surface area is 114 Å². The van der Waals surface area contributed by atoms with Crippen molar-refractivity contribution in [3.63, 3.8) is 0 Å². The number of hydrogen-bond donors (Lipinski definition) is 2. The van der Waals surface area contributed by atoms with Gasteiger partial charge in [-0.15, -0.1) is 0 Å². The smallest absolute Gasteiger partial charge is 0.226 e. The third kappa shape index (κ3) is 4.79. The zero-order chi connectivity index (χ0) is 14.3. The molecule has 5 heteroatoms. The number of methoxy groups -OCH3 is 2. The summed E-state index contributed by atoms with van der Waals surface area (Å²) in [5, 5.41) is 2.80. The number of benzene rings is 1. The Hall–Kier alpha value is -1.75. The van der Waals surface area contributed by atoms with Crippen molar-refractivity contribution in [2.45, 2.75) is 32.2 Å². The van der Waals surface area contributed by atoms with E-state index in [2.05, 4.69) is 5.32 Å². The topological polar surface area (TPSA) is 73.6 Å². The quantitative estimate of drug-likeness (QED) is 0.793. The van der Waals surface area contributed by atoms with Gasteiger partial charge in [0.2, 0.25) is 5.91 Å². The summed E-state index contributed by atoms with van der Waals surface area (Å²) in [5.41, 5.74) is 6.44. The lowest BCUT2D eigenvalue weighted by molar-refractivity contribution is -0.116. The van der Waals surface area contributed by atoms with Gasteiger partial charge in [-0.1, -0.05) is 13.3 Å². The van der Waals surface area contributed by atoms with E-state index >= 15 is 0 Å². The van der Waals surface area contributed by atoms with Crippen LogP contribution in [0.2, 0.25) is 0 Å². The molecule has 1 atom stereocenters. The van der Waals surface area contributed by atoms with Crippen molar-refractivity contribution >= 4 is 11.6 Å². The highest BCUT2D eigenvalue weighted by atomic mass is 16.5. The van der Waals surface area contributed by atoms with Gasteiger partial charge in [0.1, 0.15) is 11.5 Å². The van der Waals surface area contributed by atoms with Crippen LogP contribution in [0.1, 0.15) is 26.2 Å². The molecule has 0 aliphatic heterocycles. The lowest BCUT2D eigenvalue weighted by atomic mass is 10.1. The first-order chi connectivity index (χ1) is 9.10. The average molecular weight is 266 g/mol. The van der Waals surface area contributed by atoms with Gasteiger partial charge in [0.25, 0.3) is 0 Å². The van der Waals surface area contributed by atoms with Crippen LogP contribution in [-0.2, 0) is 4.79 Å². The van der Waals surface area contributed by atoms with Gasteiger partial charge in [0.15, 0.2) is 0 Å². The lowest BCUT2D eigenvalue weighted by Gasteiger charge is -2.13. The molecule has 5 nitrogen and oxygen atoms in total. The lowest BCUT2D eigenvalue weighted by Crippen LogP contribution is -2.27. The monoisotopic (exact) mass is 266 g/mol. The summed E-state index contributed by atoms with van der Waals surface area (Å²) in [6.45, 7) is 2.04. The van der Waals surface area contributed by atoms with E-state index in [0.717, 1.165) is 12.8 Å². The zero-order valence-corrected chi connectivity index (χ0v) is 11.7. The summed E-state index contributed by atoms with van der Waals surface area (Å²) >= 11 is 0. The van der Waals surface area contributed by atoms with Crippen LogP contribution in [0.15, 0.2) is 18.2 Å². The molecule has 0 radical (unpaired) electrons. The van der Waals surface area contributed by atoms with Crippen molar-refractivity contribution in [3.8, 4) is 11.5 Å². The second-order valence-electron chi connectivity index (χ2n) is 4.37. The Kier molecular flexibility index (Phi) is 6.15. The summed E-state index contributed by atoms with van der Waals surface area (Å²) in [5.74, 6) is 1.14. The molecule has 0 fully saturated rings. The fourth-order valence-electron chi connectivity index (χ4n) is 1.82. The predicted octanol–water partition coefficient (Wildman–Crippen LogP) is 2.16. The SMILES string of the molecule is CCCC(N)CC(=O)Nc1cc(OC)ccc1OC. The van der Waals surface area contributed by atoms with Crippen molar-refractivity contribution in [2.75, 3.05) is 19.5 Å². The molecular weight excluding hydrogens is 244 g/mol. The molecule has 1 aromatic carbocycles. The van der Waals surface area contributed by atoms with E-state index in [4.69, 9.17) is 15.2 Å². The Balaban J connectivity index is 2.71. The van der Waals surface area contributed by atoms with E-state index in [1.807, 2.05) is 6.92 Å². The molecule has 0 aliphatic rings. The van der Waals surface area contributed by atoms with E-state index in [0.29, 0.717) is 23.6 Å². The maximum absolute atomic E-state index is 11.9. The first kappa shape index (κ1) is 15.3. The fourth-order valence-corrected chi connectivity index (χ4v) is 1.82. The zero-order valence-electron chi connectivity index (χ0n) is 11.7. The second-order valence-corrected chi connectivity index (χ2v) is 4.37. The molecule has 0 saturated carbocycles. The molecule has 0 heterocycles. The Bertz CT molecular complexity index is 421. The molecule has 0 aliphatic carbocycles. The maximum Gasteiger partial charge on any atom is 0.226 e. The fraction of sp³-hybridized carbons (Fsp3) is 0.500. The number of hydrogen-bond acceptors (Lipinski definition) is 4. The van der Waals surface area contributed by atoms with E-state index in [1.54, 1.807) is 32.4 Å². The average Bonchev–Trinajstić information content (AvgIpc) is 2.38. The molecule has 0 spiro atoms. The molecule has 0 saturated heterocycles. The van der Waals surface area contributed by atoms with Crippen LogP contribution in [0.4, 0.5) is 5.69 Å². The summed E-state index contributed by atoms with van der Waals surface area (Å²) in [4.78, 5) is 11.9. The van der Waals surface area contributed by atoms with Gasteiger partial charge in [-0.25, -0.2) is 0 Å². The van der Waals surface area contributed by atoms with Crippen LogP contribution in [0.3, 0.4) is 0 Å². The molecule has 1 aromatic rings. The summed E-state index contributed by atoms with van der Waals surface area (Å²) in [7, 11) is 3.13. The highest BCUT2D eigenvalue weighted by molar-refractivity contribution is 5.92. The number of anilines is 1. The van der Waals surface area contributed by atoms with Crippen LogP contribution in [-0.4, -0.2) is 26.2 Å². The summed E-state index contributed by atoms with van der Waals surface area (Å²) in [6.07, 6.45) is 2.10. The Morgan fingerprint density at radius 3 is 2.68 bits per heavy atom. The van der Waals surface area contributed by atoms with Gasteiger partial charge in [0, 0.05) is 18.5 Å². The third-order valence-corrected chi connectivity index (χ3v) is 2.79. The van der Waals surface area contributed by atoms with Crippen LogP contribution >= 0.6 is 0 Å². The van der Waals surface area contributed by atoms with Crippen molar-refractivity contribution in [2.24, 2.45) is 5.73 Å². The molecule has 1 amide bonds. The minimum Gasteiger partial charge on any atom is -0.497 e. The van der Waals surface area contributed by atoms with Crippen molar-refractivity contribution in [1.82, 2.24) is 0 Å². The number of carbonyl (C=O) groups excluding carboxylic acids is 1. The van der Waals surface area contributed by atoms with Crippen LogP contribution < -0.4 is 20.5 Å². The van der Waals surface area contributed by atoms with Crippen molar-refractivity contribution in [1.29, 1.82) is 0 Å². The summed E-state index contributed by atoms with van der Waals surface area (Å²) in [6, 6.07) is 5.14. The van der Waals surface area contributed by atoms with Crippen molar-refractivity contribution in [3.05, 3.63) is 18.2 Å². The number of nitrogens with one attached hydrogen (secondary N) is 1. The van der Waals surface area contributed by atoms with Crippen LogP contribution in [0.25, 0.3) is 0 Å². The van der Waals surface area contributed by atoms with E-state index in [-0.39, 0.29) is 11.9 Å².